The first-order valence-electron chi connectivity index (χ1n) is 9.64. The Morgan fingerprint density at radius 3 is 2.40 bits per heavy atom. The molecule has 6 heteroatoms. The number of aliphatic imine (C=N–C) groups is 1. The minimum Gasteiger partial charge on any atom is -0.544 e. The third kappa shape index (κ3) is 5.89. The van der Waals surface area contributed by atoms with Gasteiger partial charge in [0.2, 0.25) is 0 Å². The summed E-state index contributed by atoms with van der Waals surface area (Å²) in [7, 11) is 4.28. The molecule has 0 amide bonds. The molecule has 25 heavy (non-hydrogen) atoms. The lowest BCUT2D eigenvalue weighted by Crippen LogP contribution is -2.69. The zero-order valence-corrected chi connectivity index (χ0v) is 15.7. The predicted molar refractivity (Wildman–Crippen MR) is 95.0 cm³/mol. The molecule has 0 radical (unpaired) electrons. The highest BCUT2D eigenvalue weighted by molar-refractivity contribution is 5.86. The van der Waals surface area contributed by atoms with Crippen LogP contribution in [0.2, 0.25) is 0 Å². The maximum Gasteiger partial charge on any atom is 0.144 e. The van der Waals surface area contributed by atoms with Crippen LogP contribution in [-0.4, -0.2) is 55.1 Å². The first kappa shape index (κ1) is 20.0. The van der Waals surface area contributed by atoms with Gasteiger partial charge in [0.05, 0.1) is 18.4 Å². The van der Waals surface area contributed by atoms with Crippen LogP contribution in [0.15, 0.2) is 4.99 Å². The molecule has 0 aromatic heterocycles. The van der Waals surface area contributed by atoms with E-state index in [-0.39, 0.29) is 24.2 Å². The van der Waals surface area contributed by atoms with Gasteiger partial charge in [-0.25, -0.2) is 0 Å². The molecule has 2 aliphatic carbocycles. The molecule has 2 rings (SSSR count). The Labute approximate surface area is 150 Å². The Morgan fingerprint density at radius 2 is 1.80 bits per heavy atom. The van der Waals surface area contributed by atoms with Crippen molar-refractivity contribution in [2.24, 2.45) is 16.8 Å². The molecule has 3 N–H and O–H groups in total. The highest BCUT2D eigenvalue weighted by Gasteiger charge is 2.32. The molecule has 2 saturated carbocycles. The van der Waals surface area contributed by atoms with Crippen LogP contribution in [0.3, 0.4) is 0 Å². The quantitative estimate of drug-likeness (QED) is 0.655. The fraction of sp³-hybridized carbons (Fsp3) is 0.842. The molecule has 0 saturated heterocycles. The summed E-state index contributed by atoms with van der Waals surface area (Å²) in [5, 5.41) is 10.8. The summed E-state index contributed by atoms with van der Waals surface area (Å²) in [4.78, 5) is 30.4. The average molecular weight is 351 g/mol. The van der Waals surface area contributed by atoms with E-state index in [2.05, 4.69) is 30.9 Å². The van der Waals surface area contributed by atoms with E-state index in [1.165, 1.54) is 12.8 Å². The van der Waals surface area contributed by atoms with Gasteiger partial charge in [-0.3, -0.25) is 9.79 Å². The van der Waals surface area contributed by atoms with Gasteiger partial charge in [-0.05, 0) is 58.5 Å². The van der Waals surface area contributed by atoms with Crippen LogP contribution in [0.1, 0.15) is 57.8 Å². The minimum atomic E-state index is -1.25. The zero-order valence-electron chi connectivity index (χ0n) is 15.7. The third-order valence-electron chi connectivity index (χ3n) is 5.88. The largest absolute Gasteiger partial charge is 0.544 e. The fourth-order valence-electron chi connectivity index (χ4n) is 4.14. The number of quaternary nitrogens is 1. The van der Waals surface area contributed by atoms with Crippen molar-refractivity contribution in [3.8, 4) is 0 Å². The van der Waals surface area contributed by atoms with Crippen molar-refractivity contribution in [3.05, 3.63) is 0 Å². The van der Waals surface area contributed by atoms with E-state index in [1.54, 1.807) is 0 Å². The summed E-state index contributed by atoms with van der Waals surface area (Å²) >= 11 is 0. The normalized spacial score (nSPS) is 32.0. The summed E-state index contributed by atoms with van der Waals surface area (Å²) in [6, 6.07) is -0.269. The van der Waals surface area contributed by atoms with E-state index in [9.17, 15) is 14.7 Å². The van der Waals surface area contributed by atoms with E-state index in [0.29, 0.717) is 12.0 Å². The zero-order chi connectivity index (χ0) is 18.4. The van der Waals surface area contributed by atoms with Gasteiger partial charge in [-0.1, -0.05) is 12.8 Å². The Hall–Kier alpha value is -1.27. The number of ketones is 1. The van der Waals surface area contributed by atoms with Crippen molar-refractivity contribution in [2.75, 3.05) is 14.1 Å². The van der Waals surface area contributed by atoms with E-state index < -0.39 is 12.0 Å². The number of rotatable bonds is 7. The number of carboxylic acid groups (broad SMARTS) is 1. The summed E-state index contributed by atoms with van der Waals surface area (Å²) in [5.74, 6) is -0.895. The van der Waals surface area contributed by atoms with E-state index in [1.807, 2.05) is 0 Å². The predicted octanol–water partition coefficient (Wildman–Crippen LogP) is 0.0560. The van der Waals surface area contributed by atoms with E-state index in [4.69, 9.17) is 4.99 Å². The number of carboxylic acids is 1. The van der Waals surface area contributed by atoms with Crippen molar-refractivity contribution in [2.45, 2.75) is 75.9 Å². The Morgan fingerprint density at radius 1 is 1.16 bits per heavy atom. The standard InChI is InChI=1S/C19H33N3O3/c1-22(2)14-9-7-13(8-10-14)12-21-17-6-4-3-5-15(17)18(23)11-16(20)19(24)25/h12-17H,3-11,20H2,1-2H3,(H,24,25). The number of nitrogens with zero attached hydrogens (tertiary/aromatic N) is 2. The number of aliphatic carboxylic acids is 1. The molecule has 0 spiro atoms. The van der Waals surface area contributed by atoms with Crippen molar-refractivity contribution >= 4 is 18.0 Å². The lowest BCUT2D eigenvalue weighted by Gasteiger charge is -2.32. The summed E-state index contributed by atoms with van der Waals surface area (Å²) in [6.45, 7) is 0. The number of hydrogen-bond donors (Lipinski definition) is 1. The number of Topliss-reactive ketones (excluding diaryl/α,β-unsaturated/α-hetero) is 1. The van der Waals surface area contributed by atoms with Gasteiger partial charge in [0.1, 0.15) is 11.8 Å². The second kappa shape index (κ2) is 9.43. The van der Waals surface area contributed by atoms with Crippen molar-refractivity contribution in [1.82, 2.24) is 4.90 Å². The molecule has 2 fully saturated rings. The Bertz CT molecular complexity index is 484. The molecule has 0 bridgehead atoms. The molecule has 0 heterocycles. The van der Waals surface area contributed by atoms with Crippen molar-refractivity contribution < 1.29 is 20.4 Å². The van der Waals surface area contributed by atoms with Crippen LogP contribution in [-0.2, 0) is 9.59 Å². The second-order valence-electron chi connectivity index (χ2n) is 7.98. The van der Waals surface area contributed by atoms with Gasteiger partial charge >= 0.3 is 0 Å². The molecule has 0 aliphatic heterocycles. The molecule has 6 nitrogen and oxygen atoms in total. The maximum absolute atomic E-state index is 12.5. The van der Waals surface area contributed by atoms with Crippen LogP contribution in [0.4, 0.5) is 0 Å². The van der Waals surface area contributed by atoms with Crippen molar-refractivity contribution in [3.63, 3.8) is 0 Å². The van der Waals surface area contributed by atoms with Crippen LogP contribution < -0.4 is 10.8 Å². The number of carbonyl (C=O) groups is 2. The third-order valence-corrected chi connectivity index (χ3v) is 5.88. The smallest absolute Gasteiger partial charge is 0.144 e. The molecule has 3 atom stereocenters. The minimum absolute atomic E-state index is 0.0117. The van der Waals surface area contributed by atoms with Crippen LogP contribution >= 0.6 is 0 Å². The van der Waals surface area contributed by atoms with E-state index in [0.717, 1.165) is 38.5 Å². The van der Waals surface area contributed by atoms with Gasteiger partial charge in [0, 0.05) is 18.2 Å². The molecule has 3 unspecified atom stereocenters. The molecule has 0 aromatic rings. The number of carbonyl (C=O) groups excluding carboxylic acids is 2. The van der Waals surface area contributed by atoms with Gasteiger partial charge in [0.25, 0.3) is 0 Å². The van der Waals surface area contributed by atoms with Crippen molar-refractivity contribution in [1.29, 1.82) is 0 Å². The fourth-order valence-corrected chi connectivity index (χ4v) is 4.14. The van der Waals surface area contributed by atoms with Gasteiger partial charge in [-0.2, -0.15) is 0 Å². The lowest BCUT2D eigenvalue weighted by atomic mass is 9.80. The lowest BCUT2D eigenvalue weighted by molar-refractivity contribution is -0.436. The summed E-state index contributed by atoms with van der Waals surface area (Å²) in [5.41, 5.74) is 3.51. The molecule has 142 valence electrons. The summed E-state index contributed by atoms with van der Waals surface area (Å²) in [6.07, 6.45) is 10.6. The number of hydrogen-bond acceptors (Lipinski definition) is 5. The topological polar surface area (TPSA) is 100 Å². The van der Waals surface area contributed by atoms with Gasteiger partial charge < -0.3 is 20.5 Å². The SMILES string of the molecule is CN(C)C1CCC(C=NC2CCCCC2C(=O)CC([NH3+])C(=O)[O-])CC1. The molecule has 0 aromatic carbocycles. The Balaban J connectivity index is 1.90. The second-order valence-corrected chi connectivity index (χ2v) is 7.98. The molecular weight excluding hydrogens is 318 g/mol. The van der Waals surface area contributed by atoms with Gasteiger partial charge in [-0.15, -0.1) is 0 Å². The monoisotopic (exact) mass is 351 g/mol. The molecule has 2 aliphatic rings. The van der Waals surface area contributed by atoms with E-state index >= 15 is 0 Å². The average Bonchev–Trinajstić information content (AvgIpc) is 2.60. The first-order chi connectivity index (χ1) is 11.9. The summed E-state index contributed by atoms with van der Waals surface area (Å²) < 4.78 is 0. The highest BCUT2D eigenvalue weighted by atomic mass is 16.4. The molecular formula is C19H33N3O3. The Kier molecular flexibility index (Phi) is 7.56. The van der Waals surface area contributed by atoms with Crippen LogP contribution in [0, 0.1) is 11.8 Å². The highest BCUT2D eigenvalue weighted by Crippen LogP contribution is 2.30. The maximum atomic E-state index is 12.5. The first-order valence-corrected chi connectivity index (χ1v) is 9.64. The van der Waals surface area contributed by atoms with Gasteiger partial charge in [0.15, 0.2) is 0 Å². The van der Waals surface area contributed by atoms with Crippen LogP contribution in [0.25, 0.3) is 0 Å². The van der Waals surface area contributed by atoms with Crippen LogP contribution in [0.5, 0.6) is 0 Å².